The molecule has 1 amide bonds. The van der Waals surface area contributed by atoms with E-state index in [0.29, 0.717) is 12.2 Å². The Balaban J connectivity index is 1.99. The van der Waals surface area contributed by atoms with E-state index >= 15 is 0 Å². The zero-order valence-electron chi connectivity index (χ0n) is 13.2. The number of benzene rings is 1. The van der Waals surface area contributed by atoms with E-state index in [-0.39, 0.29) is 11.9 Å². The lowest BCUT2D eigenvalue weighted by atomic mass is 10.0. The van der Waals surface area contributed by atoms with Crippen molar-refractivity contribution in [1.29, 1.82) is 0 Å². The molecule has 116 valence electrons. The second kappa shape index (κ2) is 5.82. The van der Waals surface area contributed by atoms with Gasteiger partial charge in [0.2, 0.25) is 0 Å². The number of likely N-dealkylation sites (tertiary alicyclic amines) is 1. The number of hydrogen-bond acceptors (Lipinski definition) is 4. The van der Waals surface area contributed by atoms with Gasteiger partial charge in [0.1, 0.15) is 5.69 Å². The van der Waals surface area contributed by atoms with Crippen molar-refractivity contribution in [2.75, 3.05) is 13.1 Å². The molecular weight excluding hydrogens is 294 g/mol. The second-order valence-corrected chi connectivity index (χ2v) is 7.09. The first-order chi connectivity index (χ1) is 10.5. The summed E-state index contributed by atoms with van der Waals surface area (Å²) < 4.78 is 0. The van der Waals surface area contributed by atoms with Gasteiger partial charge in [0.15, 0.2) is 0 Å². The zero-order chi connectivity index (χ0) is 15.9. The molecule has 22 heavy (non-hydrogen) atoms. The van der Waals surface area contributed by atoms with E-state index in [1.807, 2.05) is 11.8 Å². The molecule has 2 aromatic rings. The summed E-state index contributed by atoms with van der Waals surface area (Å²) in [5.41, 5.74) is 9.84. The molecule has 0 saturated carbocycles. The van der Waals surface area contributed by atoms with E-state index in [1.165, 1.54) is 11.1 Å². The van der Waals surface area contributed by atoms with Crippen LogP contribution in [0.5, 0.6) is 0 Å². The molecule has 0 bridgehead atoms. The Hall–Kier alpha value is -1.72. The molecule has 1 aliphatic rings. The van der Waals surface area contributed by atoms with Gasteiger partial charge in [-0.15, -0.1) is 11.3 Å². The Kier molecular flexibility index (Phi) is 4.02. The van der Waals surface area contributed by atoms with Crippen molar-refractivity contribution in [2.45, 2.75) is 33.2 Å². The van der Waals surface area contributed by atoms with E-state index in [2.05, 4.69) is 37.0 Å². The molecule has 1 saturated heterocycles. The van der Waals surface area contributed by atoms with Gasteiger partial charge in [-0.25, -0.2) is 4.98 Å². The molecule has 1 atom stereocenters. The van der Waals surface area contributed by atoms with E-state index < -0.39 is 0 Å². The van der Waals surface area contributed by atoms with Gasteiger partial charge in [-0.05, 0) is 43.9 Å². The third-order valence-corrected chi connectivity index (χ3v) is 5.40. The maximum atomic E-state index is 12.8. The van der Waals surface area contributed by atoms with Gasteiger partial charge in [-0.2, -0.15) is 0 Å². The summed E-state index contributed by atoms with van der Waals surface area (Å²) in [7, 11) is 0. The Labute approximate surface area is 135 Å². The highest BCUT2D eigenvalue weighted by Gasteiger charge is 2.34. The van der Waals surface area contributed by atoms with Crippen LogP contribution in [-0.4, -0.2) is 34.9 Å². The molecule has 5 heteroatoms. The summed E-state index contributed by atoms with van der Waals surface area (Å²) in [4.78, 5) is 20.1. The largest absolute Gasteiger partial charge is 0.333 e. The number of carbonyl (C=O) groups excluding carboxylic acids is 1. The molecule has 1 aromatic carbocycles. The predicted molar refractivity (Wildman–Crippen MR) is 90.3 cm³/mol. The lowest BCUT2D eigenvalue weighted by Gasteiger charge is -2.40. The van der Waals surface area contributed by atoms with Crippen LogP contribution in [0.4, 0.5) is 0 Å². The summed E-state index contributed by atoms with van der Waals surface area (Å²) >= 11 is 1.58. The maximum absolute atomic E-state index is 12.8. The molecular formula is C17H21N3OS. The maximum Gasteiger partial charge on any atom is 0.274 e. The molecule has 3 rings (SSSR count). The third-order valence-electron chi connectivity index (χ3n) is 4.38. The van der Waals surface area contributed by atoms with Crippen molar-refractivity contribution in [3.8, 4) is 10.4 Å². The van der Waals surface area contributed by atoms with Gasteiger partial charge in [-0.1, -0.05) is 18.2 Å². The quantitative estimate of drug-likeness (QED) is 0.947. The van der Waals surface area contributed by atoms with Crippen LogP contribution in [0.3, 0.4) is 0 Å². The molecule has 0 aliphatic carbocycles. The number of rotatable bonds is 3. The first-order valence-electron chi connectivity index (χ1n) is 7.57. The number of aryl methyl sites for hydroxylation is 3. The Morgan fingerprint density at radius 3 is 2.73 bits per heavy atom. The number of aromatic nitrogens is 1. The predicted octanol–water partition coefficient (Wildman–Crippen LogP) is 2.91. The summed E-state index contributed by atoms with van der Waals surface area (Å²) in [5.74, 6) is 0.0132. The van der Waals surface area contributed by atoms with Crippen molar-refractivity contribution >= 4 is 17.2 Å². The lowest BCUT2D eigenvalue weighted by Crippen LogP contribution is -2.54. The van der Waals surface area contributed by atoms with Crippen molar-refractivity contribution in [1.82, 2.24) is 9.88 Å². The molecule has 1 aromatic heterocycles. The monoisotopic (exact) mass is 315 g/mol. The highest BCUT2D eigenvalue weighted by atomic mass is 32.1. The van der Waals surface area contributed by atoms with Crippen LogP contribution in [0.1, 0.15) is 33.0 Å². The average molecular weight is 315 g/mol. The van der Waals surface area contributed by atoms with Crippen molar-refractivity contribution in [2.24, 2.45) is 5.73 Å². The fraction of sp³-hybridized carbons (Fsp3) is 0.412. The zero-order valence-corrected chi connectivity index (χ0v) is 14.0. The first-order valence-corrected chi connectivity index (χ1v) is 8.39. The van der Waals surface area contributed by atoms with Crippen LogP contribution in [0.15, 0.2) is 18.2 Å². The standard InChI is InChI=1S/C17H21N3OS/c1-10-4-5-13(8-11(10)2)16-15(19-12(3)22-16)17(21)20-7-6-14(20)9-18/h4-5,8,14H,6-7,9,18H2,1-3H3. The SMILES string of the molecule is Cc1nc(C(=O)N2CCC2CN)c(-c2ccc(C)c(C)c2)s1. The minimum atomic E-state index is 0.0132. The normalized spacial score (nSPS) is 17.5. The van der Waals surface area contributed by atoms with Gasteiger partial charge in [0.25, 0.3) is 5.91 Å². The van der Waals surface area contributed by atoms with Gasteiger partial charge in [0.05, 0.1) is 9.88 Å². The summed E-state index contributed by atoms with van der Waals surface area (Å²) in [6.45, 7) is 7.43. The highest BCUT2D eigenvalue weighted by molar-refractivity contribution is 7.15. The van der Waals surface area contributed by atoms with Gasteiger partial charge in [-0.3, -0.25) is 4.79 Å². The Morgan fingerprint density at radius 1 is 1.36 bits per heavy atom. The Bertz CT molecular complexity index is 721. The molecule has 1 fully saturated rings. The van der Waals surface area contributed by atoms with E-state index in [9.17, 15) is 4.79 Å². The van der Waals surface area contributed by atoms with Crippen LogP contribution < -0.4 is 5.73 Å². The summed E-state index contributed by atoms with van der Waals surface area (Å²) in [5, 5.41) is 0.918. The highest BCUT2D eigenvalue weighted by Crippen LogP contribution is 2.33. The molecule has 0 spiro atoms. The number of hydrogen-bond donors (Lipinski definition) is 1. The number of amides is 1. The average Bonchev–Trinajstić information content (AvgIpc) is 2.83. The number of nitrogens with two attached hydrogens (primary N) is 1. The van der Waals surface area contributed by atoms with Gasteiger partial charge in [0, 0.05) is 19.1 Å². The van der Waals surface area contributed by atoms with Crippen molar-refractivity contribution in [3.63, 3.8) is 0 Å². The number of thiazole rings is 1. The van der Waals surface area contributed by atoms with Crippen molar-refractivity contribution in [3.05, 3.63) is 40.0 Å². The first kappa shape index (κ1) is 15.2. The lowest BCUT2D eigenvalue weighted by molar-refractivity contribution is 0.0477. The van der Waals surface area contributed by atoms with Crippen LogP contribution >= 0.6 is 11.3 Å². The fourth-order valence-corrected chi connectivity index (χ4v) is 3.65. The smallest absolute Gasteiger partial charge is 0.274 e. The van der Waals surface area contributed by atoms with Gasteiger partial charge < -0.3 is 10.6 Å². The molecule has 1 unspecified atom stereocenters. The second-order valence-electron chi connectivity index (χ2n) is 5.89. The van der Waals surface area contributed by atoms with Crippen LogP contribution in [0.2, 0.25) is 0 Å². The van der Waals surface area contributed by atoms with Crippen LogP contribution in [0.25, 0.3) is 10.4 Å². The summed E-state index contributed by atoms with van der Waals surface area (Å²) in [6.07, 6.45) is 0.990. The third kappa shape index (κ3) is 2.55. The molecule has 4 nitrogen and oxygen atoms in total. The summed E-state index contributed by atoms with van der Waals surface area (Å²) in [6, 6.07) is 6.47. The number of nitrogens with zero attached hydrogens (tertiary/aromatic N) is 2. The van der Waals surface area contributed by atoms with E-state index in [4.69, 9.17) is 5.73 Å². The van der Waals surface area contributed by atoms with Crippen LogP contribution in [0, 0.1) is 20.8 Å². The minimum absolute atomic E-state index is 0.0132. The van der Waals surface area contributed by atoms with Gasteiger partial charge >= 0.3 is 0 Å². The molecule has 2 heterocycles. The molecule has 0 radical (unpaired) electrons. The topological polar surface area (TPSA) is 59.2 Å². The Morgan fingerprint density at radius 2 is 2.14 bits per heavy atom. The van der Waals surface area contributed by atoms with E-state index in [0.717, 1.165) is 28.4 Å². The molecule has 1 aliphatic heterocycles. The fourth-order valence-electron chi connectivity index (χ4n) is 2.74. The van der Waals surface area contributed by atoms with E-state index in [1.54, 1.807) is 11.3 Å². The van der Waals surface area contributed by atoms with Crippen LogP contribution in [-0.2, 0) is 0 Å². The van der Waals surface area contributed by atoms with Crippen molar-refractivity contribution < 1.29 is 4.79 Å². The number of carbonyl (C=O) groups is 1. The minimum Gasteiger partial charge on any atom is -0.333 e. The molecule has 2 N–H and O–H groups in total.